The second-order valence-electron chi connectivity index (χ2n) is 1.49. The summed E-state index contributed by atoms with van der Waals surface area (Å²) >= 11 is 0. The lowest BCUT2D eigenvalue weighted by Crippen LogP contribution is -1.84. The van der Waals surface area contributed by atoms with Crippen LogP contribution in [0.2, 0.25) is 0 Å². The van der Waals surface area contributed by atoms with Gasteiger partial charge in [0.05, 0.1) is 6.61 Å². The van der Waals surface area contributed by atoms with Crippen molar-refractivity contribution >= 4 is 0 Å². The summed E-state index contributed by atoms with van der Waals surface area (Å²) in [6.07, 6.45) is 5.25. The van der Waals surface area contributed by atoms with Crippen molar-refractivity contribution in [3.8, 4) is 0 Å². The topological polar surface area (TPSA) is 9.23 Å². The first-order valence-corrected chi connectivity index (χ1v) is 2.92. The first-order valence-electron chi connectivity index (χ1n) is 2.92. The van der Waals surface area contributed by atoms with Gasteiger partial charge in [0.2, 0.25) is 0 Å². The Hall–Kier alpha value is -0.980. The fourth-order valence-corrected chi connectivity index (χ4v) is 0.409. The minimum Gasteiger partial charge on any atom is -0.495 e. The maximum Gasteiger partial charge on any atom is 0.112 e. The van der Waals surface area contributed by atoms with Crippen LogP contribution in [-0.4, -0.2) is 6.61 Å². The lowest BCUT2D eigenvalue weighted by molar-refractivity contribution is 0.244. The van der Waals surface area contributed by atoms with Gasteiger partial charge in [0, 0.05) is 0 Å². The SMILES string of the molecule is C=C/C=C\C(=C)OCC. The maximum atomic E-state index is 5.01. The van der Waals surface area contributed by atoms with E-state index in [4.69, 9.17) is 4.74 Å². The van der Waals surface area contributed by atoms with Gasteiger partial charge in [-0.15, -0.1) is 0 Å². The molecule has 0 unspecified atom stereocenters. The molecule has 0 spiro atoms. The van der Waals surface area contributed by atoms with Gasteiger partial charge < -0.3 is 4.74 Å². The van der Waals surface area contributed by atoms with Gasteiger partial charge in [0.1, 0.15) is 5.76 Å². The highest BCUT2D eigenvalue weighted by atomic mass is 16.5. The van der Waals surface area contributed by atoms with Crippen LogP contribution in [0.25, 0.3) is 0 Å². The second-order valence-corrected chi connectivity index (χ2v) is 1.49. The van der Waals surface area contributed by atoms with E-state index in [1.54, 1.807) is 18.2 Å². The summed E-state index contributed by atoms with van der Waals surface area (Å²) in [5.41, 5.74) is 0. The zero-order valence-corrected chi connectivity index (χ0v) is 5.76. The van der Waals surface area contributed by atoms with Crippen LogP contribution in [0.3, 0.4) is 0 Å². The maximum absolute atomic E-state index is 5.01. The molecule has 0 amide bonds. The molecule has 0 heterocycles. The molecule has 0 aliphatic heterocycles. The van der Waals surface area contributed by atoms with Gasteiger partial charge in [-0.25, -0.2) is 0 Å². The number of rotatable bonds is 4. The largest absolute Gasteiger partial charge is 0.495 e. The third kappa shape index (κ3) is 4.88. The molecule has 0 aromatic carbocycles. The molecule has 0 saturated heterocycles. The summed E-state index contributed by atoms with van der Waals surface area (Å²) in [6, 6.07) is 0. The van der Waals surface area contributed by atoms with Gasteiger partial charge in [0.25, 0.3) is 0 Å². The minimum atomic E-state index is 0.667. The van der Waals surface area contributed by atoms with E-state index in [1.165, 1.54) is 0 Å². The highest BCUT2D eigenvalue weighted by Gasteiger charge is 1.80. The molecule has 0 radical (unpaired) electrons. The molecule has 1 heteroatoms. The molecule has 1 nitrogen and oxygen atoms in total. The summed E-state index contributed by atoms with van der Waals surface area (Å²) in [4.78, 5) is 0. The number of allylic oxidation sites excluding steroid dienone is 3. The van der Waals surface area contributed by atoms with Crippen LogP contribution in [-0.2, 0) is 4.74 Å². The molecule has 0 saturated carbocycles. The van der Waals surface area contributed by atoms with Crippen molar-refractivity contribution in [3.05, 3.63) is 37.1 Å². The quantitative estimate of drug-likeness (QED) is 0.412. The lowest BCUT2D eigenvalue weighted by Gasteiger charge is -1.98. The average Bonchev–Trinajstić information content (AvgIpc) is 1.85. The van der Waals surface area contributed by atoms with E-state index in [0.717, 1.165) is 0 Å². The van der Waals surface area contributed by atoms with E-state index in [2.05, 4.69) is 13.2 Å². The van der Waals surface area contributed by atoms with E-state index in [0.29, 0.717) is 12.4 Å². The first-order chi connectivity index (χ1) is 4.31. The predicted octanol–water partition coefficient (Wildman–Crippen LogP) is 2.28. The van der Waals surface area contributed by atoms with Crippen molar-refractivity contribution in [2.75, 3.05) is 6.61 Å². The molecule has 0 aliphatic rings. The van der Waals surface area contributed by atoms with Crippen molar-refractivity contribution in [3.63, 3.8) is 0 Å². The Morgan fingerprint density at radius 3 is 2.78 bits per heavy atom. The predicted molar refractivity (Wildman–Crippen MR) is 40.1 cm³/mol. The molecule has 9 heavy (non-hydrogen) atoms. The Labute approximate surface area is 56.3 Å². The summed E-state index contributed by atoms with van der Waals surface area (Å²) in [7, 11) is 0. The van der Waals surface area contributed by atoms with Crippen LogP contribution < -0.4 is 0 Å². The Bertz CT molecular complexity index is 123. The van der Waals surface area contributed by atoms with E-state index in [9.17, 15) is 0 Å². The zero-order chi connectivity index (χ0) is 7.11. The molecular formula is C8H12O. The molecule has 0 atom stereocenters. The van der Waals surface area contributed by atoms with Crippen LogP contribution in [0, 0.1) is 0 Å². The van der Waals surface area contributed by atoms with Crippen LogP contribution in [0.1, 0.15) is 6.92 Å². The Kier molecular flexibility index (Phi) is 4.60. The molecule has 0 aromatic rings. The minimum absolute atomic E-state index is 0.667. The standard InChI is InChI=1S/C8H12O/c1-4-6-7-8(3)9-5-2/h4,6-7H,1,3,5H2,2H3/b7-6-. The van der Waals surface area contributed by atoms with Gasteiger partial charge in [-0.2, -0.15) is 0 Å². The lowest BCUT2D eigenvalue weighted by atomic mass is 10.4. The number of hydrogen-bond acceptors (Lipinski definition) is 1. The molecule has 0 rings (SSSR count). The smallest absolute Gasteiger partial charge is 0.112 e. The van der Waals surface area contributed by atoms with E-state index in [1.807, 2.05) is 6.92 Å². The Morgan fingerprint density at radius 1 is 1.67 bits per heavy atom. The summed E-state index contributed by atoms with van der Waals surface area (Å²) in [6.45, 7) is 9.72. The van der Waals surface area contributed by atoms with Gasteiger partial charge in [-0.05, 0) is 13.0 Å². The summed E-state index contributed by atoms with van der Waals surface area (Å²) in [5.74, 6) is 0.678. The molecular weight excluding hydrogens is 112 g/mol. The van der Waals surface area contributed by atoms with E-state index in [-0.39, 0.29) is 0 Å². The van der Waals surface area contributed by atoms with Gasteiger partial charge in [-0.1, -0.05) is 25.3 Å². The fourth-order valence-electron chi connectivity index (χ4n) is 0.409. The fraction of sp³-hybridized carbons (Fsp3) is 0.250. The normalized spacial score (nSPS) is 9.44. The van der Waals surface area contributed by atoms with Gasteiger partial charge in [-0.3, -0.25) is 0 Å². The monoisotopic (exact) mass is 124 g/mol. The van der Waals surface area contributed by atoms with Crippen LogP contribution in [0.4, 0.5) is 0 Å². The highest BCUT2D eigenvalue weighted by molar-refractivity contribution is 5.12. The Morgan fingerprint density at radius 2 is 2.33 bits per heavy atom. The summed E-state index contributed by atoms with van der Waals surface area (Å²) < 4.78 is 5.01. The summed E-state index contributed by atoms with van der Waals surface area (Å²) in [5, 5.41) is 0. The molecule has 0 N–H and O–H groups in total. The van der Waals surface area contributed by atoms with Gasteiger partial charge >= 0.3 is 0 Å². The third-order valence-corrected chi connectivity index (χ3v) is 0.748. The zero-order valence-electron chi connectivity index (χ0n) is 5.76. The Balaban J connectivity index is 3.49. The average molecular weight is 124 g/mol. The molecule has 0 fully saturated rings. The molecule has 0 bridgehead atoms. The van der Waals surface area contributed by atoms with Crippen molar-refractivity contribution in [1.29, 1.82) is 0 Å². The van der Waals surface area contributed by atoms with Crippen LogP contribution >= 0.6 is 0 Å². The number of ether oxygens (including phenoxy) is 1. The molecule has 50 valence electrons. The van der Waals surface area contributed by atoms with Crippen LogP contribution in [0.15, 0.2) is 37.1 Å². The van der Waals surface area contributed by atoms with E-state index < -0.39 is 0 Å². The number of hydrogen-bond donors (Lipinski definition) is 0. The van der Waals surface area contributed by atoms with E-state index >= 15 is 0 Å². The third-order valence-electron chi connectivity index (χ3n) is 0.748. The highest BCUT2D eigenvalue weighted by Crippen LogP contribution is 1.93. The molecule has 0 aromatic heterocycles. The molecule has 0 aliphatic carbocycles. The van der Waals surface area contributed by atoms with Crippen molar-refractivity contribution in [2.24, 2.45) is 0 Å². The van der Waals surface area contributed by atoms with Crippen molar-refractivity contribution < 1.29 is 4.74 Å². The van der Waals surface area contributed by atoms with Crippen LogP contribution in [0.5, 0.6) is 0 Å². The van der Waals surface area contributed by atoms with Crippen molar-refractivity contribution in [1.82, 2.24) is 0 Å². The van der Waals surface area contributed by atoms with Gasteiger partial charge in [0.15, 0.2) is 0 Å². The second kappa shape index (κ2) is 5.16. The first kappa shape index (κ1) is 8.02. The van der Waals surface area contributed by atoms with Crippen molar-refractivity contribution in [2.45, 2.75) is 6.92 Å².